The van der Waals surface area contributed by atoms with E-state index in [1.807, 2.05) is 35.6 Å². The highest BCUT2D eigenvalue weighted by molar-refractivity contribution is 9.10. The maximum absolute atomic E-state index is 13.9. The minimum absolute atomic E-state index is 0.0718. The molecule has 0 atom stereocenters. The summed E-state index contributed by atoms with van der Waals surface area (Å²) >= 11 is 4.42. The molecule has 1 N–H and O–H groups in total. The quantitative estimate of drug-likeness (QED) is 0.476. The summed E-state index contributed by atoms with van der Waals surface area (Å²) in [7, 11) is 0. The molecule has 4 aromatic rings. The van der Waals surface area contributed by atoms with Gasteiger partial charge in [-0.2, -0.15) is 0 Å². The highest BCUT2D eigenvalue weighted by Gasteiger charge is 2.15. The molecular formula is C18H13BrFN5OS. The number of carbonyl (C=O) groups is 1. The third kappa shape index (κ3) is 3.52. The monoisotopic (exact) mass is 445 g/mol. The topological polar surface area (TPSA) is 72.2 Å². The lowest BCUT2D eigenvalue weighted by Gasteiger charge is -2.08. The van der Waals surface area contributed by atoms with Gasteiger partial charge in [-0.3, -0.25) is 9.20 Å². The normalized spacial score (nSPS) is 11.2. The number of halogens is 2. The van der Waals surface area contributed by atoms with Crippen molar-refractivity contribution in [1.29, 1.82) is 0 Å². The van der Waals surface area contributed by atoms with Gasteiger partial charge in [0.2, 0.25) is 5.91 Å². The van der Waals surface area contributed by atoms with Crippen molar-refractivity contribution in [1.82, 2.24) is 19.6 Å². The van der Waals surface area contributed by atoms with Crippen molar-refractivity contribution in [2.75, 3.05) is 11.1 Å². The summed E-state index contributed by atoms with van der Waals surface area (Å²) in [5.41, 5.74) is 2.42. The van der Waals surface area contributed by atoms with Gasteiger partial charge in [0.05, 0.1) is 22.5 Å². The number of benzene rings is 2. The lowest BCUT2D eigenvalue weighted by Crippen LogP contribution is -2.15. The predicted molar refractivity (Wildman–Crippen MR) is 106 cm³/mol. The van der Waals surface area contributed by atoms with E-state index in [1.165, 1.54) is 23.9 Å². The van der Waals surface area contributed by atoms with Crippen LogP contribution in [0.15, 0.2) is 52.0 Å². The van der Waals surface area contributed by atoms with Crippen LogP contribution in [-0.4, -0.2) is 31.2 Å². The van der Waals surface area contributed by atoms with Gasteiger partial charge in [-0.15, -0.1) is 10.2 Å². The zero-order valence-corrected chi connectivity index (χ0v) is 16.5. The molecule has 27 heavy (non-hydrogen) atoms. The van der Waals surface area contributed by atoms with Crippen molar-refractivity contribution in [3.63, 3.8) is 0 Å². The van der Waals surface area contributed by atoms with Gasteiger partial charge < -0.3 is 5.32 Å². The highest BCUT2D eigenvalue weighted by atomic mass is 79.9. The van der Waals surface area contributed by atoms with Gasteiger partial charge in [0.15, 0.2) is 5.65 Å². The van der Waals surface area contributed by atoms with E-state index in [2.05, 4.69) is 36.4 Å². The molecule has 0 aliphatic rings. The molecule has 0 saturated heterocycles. The van der Waals surface area contributed by atoms with Gasteiger partial charge in [0.25, 0.3) is 0 Å². The standard InChI is InChI=1S/C18H13BrFN5OS/c1-10-23-24-17-18(22-14-4-2-3-5-15(14)25(10)17)27-9-16(26)21-13-7-6-11(19)8-12(13)20/h2-8H,9H2,1H3,(H,21,26). The summed E-state index contributed by atoms with van der Waals surface area (Å²) in [5.74, 6) is -0.0120. The van der Waals surface area contributed by atoms with E-state index in [0.29, 0.717) is 15.1 Å². The Labute approximate surface area is 166 Å². The minimum Gasteiger partial charge on any atom is -0.323 e. The fourth-order valence-electron chi connectivity index (χ4n) is 2.70. The van der Waals surface area contributed by atoms with Crippen molar-refractivity contribution in [3.05, 3.63) is 58.6 Å². The first-order chi connectivity index (χ1) is 13.0. The van der Waals surface area contributed by atoms with Crippen LogP contribution in [0, 0.1) is 12.7 Å². The molecule has 136 valence electrons. The van der Waals surface area contributed by atoms with Crippen molar-refractivity contribution in [3.8, 4) is 0 Å². The molecule has 2 aromatic carbocycles. The fraction of sp³-hybridized carbons (Fsp3) is 0.111. The van der Waals surface area contributed by atoms with Crippen LogP contribution in [0.1, 0.15) is 5.82 Å². The molecule has 2 heterocycles. The zero-order valence-electron chi connectivity index (χ0n) is 14.1. The number of carbonyl (C=O) groups excluding carboxylic acids is 1. The third-order valence-electron chi connectivity index (χ3n) is 3.91. The summed E-state index contributed by atoms with van der Waals surface area (Å²) < 4.78 is 16.4. The number of nitrogens with zero attached hydrogens (tertiary/aromatic N) is 4. The second kappa shape index (κ2) is 7.24. The van der Waals surface area contributed by atoms with Crippen LogP contribution < -0.4 is 5.32 Å². The molecule has 0 unspecified atom stereocenters. The Balaban J connectivity index is 1.59. The predicted octanol–water partition coefficient (Wildman–Crippen LogP) is 4.22. The maximum atomic E-state index is 13.9. The van der Waals surface area contributed by atoms with Crippen LogP contribution in [0.5, 0.6) is 0 Å². The van der Waals surface area contributed by atoms with Crippen LogP contribution in [0.25, 0.3) is 16.7 Å². The summed E-state index contributed by atoms with van der Waals surface area (Å²) in [6, 6.07) is 12.2. The molecule has 9 heteroatoms. The number of anilines is 1. The van der Waals surface area contributed by atoms with Gasteiger partial charge in [-0.25, -0.2) is 9.37 Å². The molecule has 0 saturated carbocycles. The number of thioether (sulfide) groups is 1. The van der Waals surface area contributed by atoms with Gasteiger partial charge in [0, 0.05) is 4.47 Å². The number of rotatable bonds is 4. The molecule has 4 rings (SSSR count). The maximum Gasteiger partial charge on any atom is 0.234 e. The lowest BCUT2D eigenvalue weighted by molar-refractivity contribution is -0.113. The number of aromatic nitrogens is 4. The third-order valence-corrected chi connectivity index (χ3v) is 5.35. The molecule has 0 aliphatic carbocycles. The Morgan fingerprint density at radius 3 is 2.89 bits per heavy atom. The van der Waals surface area contributed by atoms with Gasteiger partial charge in [-0.05, 0) is 37.3 Å². The Kier molecular flexibility index (Phi) is 4.79. The Hall–Kier alpha value is -2.52. The lowest BCUT2D eigenvalue weighted by atomic mass is 10.3. The van der Waals surface area contributed by atoms with E-state index in [-0.39, 0.29) is 17.3 Å². The SMILES string of the molecule is Cc1nnc2c(SCC(=O)Nc3ccc(Br)cc3F)nc3ccccc3n12. The minimum atomic E-state index is -0.498. The number of nitrogens with one attached hydrogen (secondary N) is 1. The van der Waals surface area contributed by atoms with Gasteiger partial charge in [-0.1, -0.05) is 39.8 Å². The first kappa shape index (κ1) is 17.9. The molecule has 0 radical (unpaired) electrons. The fourth-order valence-corrected chi connectivity index (χ4v) is 3.80. The van der Waals surface area contributed by atoms with E-state index >= 15 is 0 Å². The summed E-state index contributed by atoms with van der Waals surface area (Å²) in [4.78, 5) is 16.9. The first-order valence-corrected chi connectivity index (χ1v) is 9.79. The van der Waals surface area contributed by atoms with Crippen molar-refractivity contribution >= 4 is 56.0 Å². The molecule has 1 amide bonds. The number of aryl methyl sites for hydroxylation is 1. The van der Waals surface area contributed by atoms with Crippen LogP contribution in [0.3, 0.4) is 0 Å². The largest absolute Gasteiger partial charge is 0.323 e. The van der Waals surface area contributed by atoms with Gasteiger partial charge in [0.1, 0.15) is 16.7 Å². The smallest absolute Gasteiger partial charge is 0.234 e. The molecule has 2 aromatic heterocycles. The van der Waals surface area contributed by atoms with E-state index in [9.17, 15) is 9.18 Å². The zero-order chi connectivity index (χ0) is 19.0. The van der Waals surface area contributed by atoms with Crippen LogP contribution >= 0.6 is 27.7 Å². The molecule has 0 spiro atoms. The van der Waals surface area contributed by atoms with Crippen molar-refractivity contribution in [2.24, 2.45) is 0 Å². The summed E-state index contributed by atoms with van der Waals surface area (Å²) in [6.45, 7) is 1.86. The average Bonchev–Trinajstić information content (AvgIpc) is 3.04. The molecular weight excluding hydrogens is 433 g/mol. The molecule has 0 fully saturated rings. The second-order valence-electron chi connectivity index (χ2n) is 5.77. The van der Waals surface area contributed by atoms with E-state index < -0.39 is 5.82 Å². The summed E-state index contributed by atoms with van der Waals surface area (Å²) in [6.07, 6.45) is 0. The average molecular weight is 446 g/mol. The highest BCUT2D eigenvalue weighted by Crippen LogP contribution is 2.26. The Morgan fingerprint density at radius 2 is 2.07 bits per heavy atom. The number of para-hydroxylation sites is 2. The van der Waals surface area contributed by atoms with Crippen LogP contribution in [0.2, 0.25) is 0 Å². The van der Waals surface area contributed by atoms with Crippen molar-refractivity contribution in [2.45, 2.75) is 11.9 Å². The van der Waals surface area contributed by atoms with E-state index in [0.717, 1.165) is 16.9 Å². The molecule has 0 aliphatic heterocycles. The number of hydrogen-bond acceptors (Lipinski definition) is 5. The first-order valence-electron chi connectivity index (χ1n) is 8.01. The van der Waals surface area contributed by atoms with Crippen molar-refractivity contribution < 1.29 is 9.18 Å². The van der Waals surface area contributed by atoms with Crippen LogP contribution in [0.4, 0.5) is 10.1 Å². The van der Waals surface area contributed by atoms with Crippen LogP contribution in [-0.2, 0) is 4.79 Å². The number of hydrogen-bond donors (Lipinski definition) is 1. The second-order valence-corrected chi connectivity index (χ2v) is 7.65. The molecule has 6 nitrogen and oxygen atoms in total. The van der Waals surface area contributed by atoms with E-state index in [4.69, 9.17) is 0 Å². The summed E-state index contributed by atoms with van der Waals surface area (Å²) in [5, 5.41) is 11.5. The Bertz CT molecular complexity index is 1180. The van der Waals surface area contributed by atoms with Gasteiger partial charge >= 0.3 is 0 Å². The molecule has 0 bridgehead atoms. The Morgan fingerprint density at radius 1 is 1.26 bits per heavy atom. The van der Waals surface area contributed by atoms with E-state index in [1.54, 1.807) is 6.07 Å². The number of fused-ring (bicyclic) bond motifs is 3. The number of amides is 1.